The van der Waals surface area contributed by atoms with Crippen molar-refractivity contribution >= 4 is 0 Å². The van der Waals surface area contributed by atoms with Crippen LogP contribution in [0.15, 0.2) is 54.7 Å². The van der Waals surface area contributed by atoms with Crippen LogP contribution in [0.3, 0.4) is 0 Å². The van der Waals surface area contributed by atoms with Crippen molar-refractivity contribution in [2.24, 2.45) is 0 Å². The standard InChI is InChI=1S/C20H15F3N2O/c1-14-13-16(6-7-17-5-3-4-12-24-17)15(2)25(14)18-8-10-19(11-9-18)26-20(21,22)23/h3-5,8-13H,1-2H3. The molecule has 0 fully saturated rings. The molecule has 0 aliphatic rings. The number of benzene rings is 1. The molecule has 26 heavy (non-hydrogen) atoms. The number of alkyl halides is 3. The Hall–Kier alpha value is -3.20. The lowest BCUT2D eigenvalue weighted by molar-refractivity contribution is -0.274. The summed E-state index contributed by atoms with van der Waals surface area (Å²) in [6.07, 6.45) is -3.02. The highest BCUT2D eigenvalue weighted by Crippen LogP contribution is 2.26. The summed E-state index contributed by atoms with van der Waals surface area (Å²) in [4.78, 5) is 4.16. The smallest absolute Gasteiger partial charge is 0.406 e. The molecule has 3 nitrogen and oxygen atoms in total. The molecule has 3 aromatic rings. The van der Waals surface area contributed by atoms with Crippen LogP contribution < -0.4 is 4.74 Å². The van der Waals surface area contributed by atoms with E-state index in [0.717, 1.165) is 22.6 Å². The van der Waals surface area contributed by atoms with E-state index in [-0.39, 0.29) is 5.75 Å². The highest BCUT2D eigenvalue weighted by atomic mass is 19.4. The summed E-state index contributed by atoms with van der Waals surface area (Å²) in [5.74, 6) is 5.85. The average molecular weight is 356 g/mol. The van der Waals surface area contributed by atoms with Crippen LogP contribution in [0.2, 0.25) is 0 Å². The van der Waals surface area contributed by atoms with E-state index in [2.05, 4.69) is 21.6 Å². The first kappa shape index (κ1) is 17.6. The van der Waals surface area contributed by atoms with Gasteiger partial charge in [-0.3, -0.25) is 0 Å². The van der Waals surface area contributed by atoms with Crippen LogP contribution in [0.1, 0.15) is 22.6 Å². The Labute approximate surface area is 149 Å². The first-order chi connectivity index (χ1) is 12.3. The maximum Gasteiger partial charge on any atom is 0.573 e. The third-order valence-electron chi connectivity index (χ3n) is 3.75. The van der Waals surface area contributed by atoms with E-state index in [0.29, 0.717) is 5.69 Å². The summed E-state index contributed by atoms with van der Waals surface area (Å²) in [6, 6.07) is 13.2. The molecule has 1 aromatic carbocycles. The first-order valence-corrected chi connectivity index (χ1v) is 7.82. The molecule has 3 rings (SSSR count). The number of nitrogens with zero attached hydrogens (tertiary/aromatic N) is 2. The van der Waals surface area contributed by atoms with Gasteiger partial charge in [0.2, 0.25) is 0 Å². The fourth-order valence-corrected chi connectivity index (χ4v) is 2.65. The summed E-state index contributed by atoms with van der Waals surface area (Å²) >= 11 is 0. The van der Waals surface area contributed by atoms with E-state index in [4.69, 9.17) is 0 Å². The third kappa shape index (κ3) is 4.06. The lowest BCUT2D eigenvalue weighted by Crippen LogP contribution is -2.17. The van der Waals surface area contributed by atoms with Gasteiger partial charge in [0.25, 0.3) is 0 Å². The molecular weight excluding hydrogens is 341 g/mol. The molecule has 132 valence electrons. The molecule has 0 aliphatic heterocycles. The summed E-state index contributed by atoms with van der Waals surface area (Å²) in [7, 11) is 0. The summed E-state index contributed by atoms with van der Waals surface area (Å²) in [5, 5.41) is 0. The Kier molecular flexibility index (Phi) is 4.72. The Bertz CT molecular complexity index is 963. The van der Waals surface area contributed by atoms with Gasteiger partial charge in [0.05, 0.1) is 0 Å². The highest BCUT2D eigenvalue weighted by Gasteiger charge is 2.31. The van der Waals surface area contributed by atoms with Crippen LogP contribution in [0, 0.1) is 25.7 Å². The lowest BCUT2D eigenvalue weighted by Gasteiger charge is -2.12. The first-order valence-electron chi connectivity index (χ1n) is 7.82. The predicted molar refractivity (Wildman–Crippen MR) is 92.1 cm³/mol. The molecule has 0 bridgehead atoms. The van der Waals surface area contributed by atoms with E-state index in [1.54, 1.807) is 18.3 Å². The van der Waals surface area contributed by atoms with E-state index >= 15 is 0 Å². The zero-order valence-electron chi connectivity index (χ0n) is 14.1. The number of aromatic nitrogens is 2. The van der Waals surface area contributed by atoms with Gasteiger partial charge in [-0.15, -0.1) is 13.2 Å². The van der Waals surface area contributed by atoms with Crippen molar-refractivity contribution in [3.8, 4) is 23.3 Å². The van der Waals surface area contributed by atoms with Gasteiger partial charge in [-0.1, -0.05) is 12.0 Å². The second-order valence-electron chi connectivity index (χ2n) is 5.63. The minimum atomic E-state index is -4.70. The topological polar surface area (TPSA) is 27.1 Å². The molecule has 0 amide bonds. The quantitative estimate of drug-likeness (QED) is 0.618. The average Bonchev–Trinajstić information content (AvgIpc) is 2.87. The van der Waals surface area contributed by atoms with Crippen LogP contribution in [-0.2, 0) is 0 Å². The molecule has 0 atom stereocenters. The predicted octanol–water partition coefficient (Wildman–Crippen LogP) is 4.79. The van der Waals surface area contributed by atoms with E-state index in [9.17, 15) is 13.2 Å². The maximum atomic E-state index is 12.3. The number of pyridine rings is 1. The summed E-state index contributed by atoms with van der Waals surface area (Å²) < 4.78 is 42.7. The molecule has 0 radical (unpaired) electrons. The number of aryl methyl sites for hydroxylation is 1. The van der Waals surface area contributed by atoms with Crippen molar-refractivity contribution in [3.05, 3.63) is 77.4 Å². The van der Waals surface area contributed by atoms with E-state index in [1.807, 2.05) is 42.7 Å². The molecule has 0 spiro atoms. The number of rotatable bonds is 2. The van der Waals surface area contributed by atoms with Gasteiger partial charge >= 0.3 is 6.36 Å². The van der Waals surface area contributed by atoms with Crippen LogP contribution >= 0.6 is 0 Å². The van der Waals surface area contributed by atoms with Crippen molar-refractivity contribution in [2.45, 2.75) is 20.2 Å². The molecule has 0 saturated heterocycles. The highest BCUT2D eigenvalue weighted by molar-refractivity contribution is 5.50. The minimum Gasteiger partial charge on any atom is -0.406 e. The van der Waals surface area contributed by atoms with Crippen LogP contribution in [0.5, 0.6) is 5.75 Å². The Balaban J connectivity index is 1.90. The number of hydrogen-bond donors (Lipinski definition) is 0. The molecule has 2 heterocycles. The number of ether oxygens (including phenoxy) is 1. The number of halogens is 3. The fourth-order valence-electron chi connectivity index (χ4n) is 2.65. The number of hydrogen-bond acceptors (Lipinski definition) is 2. The van der Waals surface area contributed by atoms with Crippen molar-refractivity contribution in [1.82, 2.24) is 9.55 Å². The molecule has 2 aromatic heterocycles. The summed E-state index contributed by atoms with van der Waals surface area (Å²) in [6.45, 7) is 3.83. The molecule has 0 saturated carbocycles. The Morgan fingerprint density at radius 3 is 2.35 bits per heavy atom. The Morgan fingerprint density at radius 2 is 1.73 bits per heavy atom. The van der Waals surface area contributed by atoms with Crippen molar-refractivity contribution < 1.29 is 17.9 Å². The second-order valence-corrected chi connectivity index (χ2v) is 5.63. The second kappa shape index (κ2) is 6.96. The fraction of sp³-hybridized carbons (Fsp3) is 0.150. The summed E-state index contributed by atoms with van der Waals surface area (Å²) in [5.41, 5.74) is 4.07. The van der Waals surface area contributed by atoms with Gasteiger partial charge < -0.3 is 9.30 Å². The molecule has 0 aliphatic carbocycles. The molecule has 0 unspecified atom stereocenters. The Morgan fingerprint density at radius 1 is 1.00 bits per heavy atom. The van der Waals surface area contributed by atoms with Gasteiger partial charge in [0.15, 0.2) is 0 Å². The van der Waals surface area contributed by atoms with E-state index < -0.39 is 6.36 Å². The van der Waals surface area contributed by atoms with Crippen molar-refractivity contribution in [1.29, 1.82) is 0 Å². The zero-order valence-corrected chi connectivity index (χ0v) is 14.1. The third-order valence-corrected chi connectivity index (χ3v) is 3.75. The van der Waals surface area contributed by atoms with Gasteiger partial charge in [0, 0.05) is 28.8 Å². The largest absolute Gasteiger partial charge is 0.573 e. The van der Waals surface area contributed by atoms with Gasteiger partial charge in [-0.2, -0.15) is 0 Å². The van der Waals surface area contributed by atoms with Crippen molar-refractivity contribution in [2.75, 3.05) is 0 Å². The zero-order chi connectivity index (χ0) is 18.7. The molecule has 0 N–H and O–H groups in total. The monoisotopic (exact) mass is 356 g/mol. The molecule has 6 heteroatoms. The normalized spacial score (nSPS) is 11.0. The SMILES string of the molecule is Cc1cc(C#Cc2ccccn2)c(C)n1-c1ccc(OC(F)(F)F)cc1. The van der Waals surface area contributed by atoms with Gasteiger partial charge in [-0.25, -0.2) is 4.98 Å². The lowest BCUT2D eigenvalue weighted by atomic mass is 10.2. The van der Waals surface area contributed by atoms with Gasteiger partial charge in [-0.05, 0) is 62.2 Å². The van der Waals surface area contributed by atoms with Crippen LogP contribution in [0.25, 0.3) is 5.69 Å². The maximum absolute atomic E-state index is 12.3. The van der Waals surface area contributed by atoms with Gasteiger partial charge in [0.1, 0.15) is 11.4 Å². The molecular formula is C20H15F3N2O. The van der Waals surface area contributed by atoms with Crippen LogP contribution in [-0.4, -0.2) is 15.9 Å². The van der Waals surface area contributed by atoms with E-state index in [1.165, 1.54) is 12.1 Å². The van der Waals surface area contributed by atoms with Crippen LogP contribution in [0.4, 0.5) is 13.2 Å². The minimum absolute atomic E-state index is 0.251. The van der Waals surface area contributed by atoms with Crippen molar-refractivity contribution in [3.63, 3.8) is 0 Å².